The van der Waals surface area contributed by atoms with Gasteiger partial charge in [0.2, 0.25) is 5.91 Å². The zero-order chi connectivity index (χ0) is 13.6. The predicted molar refractivity (Wildman–Crippen MR) is 75.3 cm³/mol. The van der Waals surface area contributed by atoms with E-state index in [0.29, 0.717) is 5.41 Å². The Labute approximate surface area is 111 Å². The number of carbonyl (C=O) groups excluding carboxylic acids is 1. The van der Waals surface area contributed by atoms with Gasteiger partial charge in [-0.1, -0.05) is 20.8 Å². The first-order valence-electron chi connectivity index (χ1n) is 7.19. The van der Waals surface area contributed by atoms with Crippen molar-refractivity contribution in [2.24, 2.45) is 11.1 Å². The average molecular weight is 255 g/mol. The molecule has 1 unspecified atom stereocenters. The van der Waals surface area contributed by atoms with Crippen LogP contribution in [-0.4, -0.2) is 43.0 Å². The van der Waals surface area contributed by atoms with Crippen LogP contribution in [0.3, 0.4) is 0 Å². The first-order valence-corrected chi connectivity index (χ1v) is 7.19. The lowest BCUT2D eigenvalue weighted by Gasteiger charge is -2.24. The summed E-state index contributed by atoms with van der Waals surface area (Å²) in [7, 11) is 0. The van der Waals surface area contributed by atoms with Gasteiger partial charge in [-0.3, -0.25) is 4.79 Å². The Kier molecular flexibility index (Phi) is 6.09. The molecule has 1 saturated heterocycles. The Morgan fingerprint density at radius 1 is 1.39 bits per heavy atom. The van der Waals surface area contributed by atoms with Crippen LogP contribution in [-0.2, 0) is 4.79 Å². The molecule has 0 saturated carbocycles. The average Bonchev–Trinajstić information content (AvgIpc) is 2.45. The van der Waals surface area contributed by atoms with Gasteiger partial charge in [0.15, 0.2) is 0 Å². The number of likely N-dealkylation sites (tertiary alicyclic amines) is 1. The number of nitrogens with one attached hydrogen (secondary N) is 1. The van der Waals surface area contributed by atoms with Crippen molar-refractivity contribution < 1.29 is 4.79 Å². The fraction of sp³-hybridized carbons (Fsp3) is 0.929. The number of rotatable bonds is 6. The highest BCUT2D eigenvalue weighted by Crippen LogP contribution is 2.29. The summed E-state index contributed by atoms with van der Waals surface area (Å²) in [5.74, 6) is -0.230. The summed E-state index contributed by atoms with van der Waals surface area (Å²) in [5.41, 5.74) is 5.86. The molecule has 0 aliphatic carbocycles. The second-order valence-corrected chi connectivity index (χ2v) is 6.16. The minimum Gasteiger partial charge on any atom is -0.368 e. The topological polar surface area (TPSA) is 58.4 Å². The van der Waals surface area contributed by atoms with Crippen molar-refractivity contribution in [1.82, 2.24) is 10.2 Å². The van der Waals surface area contributed by atoms with Gasteiger partial charge >= 0.3 is 0 Å². The van der Waals surface area contributed by atoms with E-state index in [0.717, 1.165) is 32.6 Å². The Morgan fingerprint density at radius 2 is 2.11 bits per heavy atom. The van der Waals surface area contributed by atoms with Crippen molar-refractivity contribution in [2.45, 2.75) is 52.5 Å². The Bertz CT molecular complexity index is 266. The molecule has 0 aromatic rings. The zero-order valence-electron chi connectivity index (χ0n) is 12.2. The second-order valence-electron chi connectivity index (χ2n) is 6.16. The molecule has 4 nitrogen and oxygen atoms in total. The smallest absolute Gasteiger partial charge is 0.234 e. The molecule has 0 aromatic heterocycles. The monoisotopic (exact) mass is 255 g/mol. The molecule has 1 fully saturated rings. The van der Waals surface area contributed by atoms with E-state index in [-0.39, 0.29) is 11.9 Å². The predicted octanol–water partition coefficient (Wildman–Crippen LogP) is 1.35. The largest absolute Gasteiger partial charge is 0.368 e. The molecule has 106 valence electrons. The van der Waals surface area contributed by atoms with Gasteiger partial charge in [-0.25, -0.2) is 0 Å². The molecule has 1 rings (SSSR count). The van der Waals surface area contributed by atoms with E-state index in [2.05, 4.69) is 24.1 Å². The van der Waals surface area contributed by atoms with Crippen molar-refractivity contribution in [3.8, 4) is 0 Å². The summed E-state index contributed by atoms with van der Waals surface area (Å²) in [6, 6.07) is -0.175. The van der Waals surface area contributed by atoms with Crippen LogP contribution in [0.25, 0.3) is 0 Å². The summed E-state index contributed by atoms with van der Waals surface area (Å²) in [5, 5.41) is 3.15. The highest BCUT2D eigenvalue weighted by Gasteiger charge is 2.23. The summed E-state index contributed by atoms with van der Waals surface area (Å²) in [6.07, 6.45) is 4.63. The molecule has 1 amide bonds. The van der Waals surface area contributed by atoms with Gasteiger partial charge < -0.3 is 16.0 Å². The fourth-order valence-corrected chi connectivity index (χ4v) is 2.61. The minimum atomic E-state index is -0.230. The lowest BCUT2D eigenvalue weighted by Crippen LogP contribution is -2.43. The number of hydrogen-bond acceptors (Lipinski definition) is 3. The fourth-order valence-electron chi connectivity index (χ4n) is 2.61. The molecule has 0 spiro atoms. The number of nitrogens with two attached hydrogens (primary N) is 1. The number of primary amides is 1. The van der Waals surface area contributed by atoms with E-state index < -0.39 is 0 Å². The molecule has 1 aliphatic rings. The normalized spacial score (nSPS) is 22.4. The molecule has 3 N–H and O–H groups in total. The highest BCUT2D eigenvalue weighted by molar-refractivity contribution is 5.79. The van der Waals surface area contributed by atoms with E-state index in [1.54, 1.807) is 0 Å². The van der Waals surface area contributed by atoms with E-state index in [4.69, 9.17) is 5.73 Å². The molecule has 4 heteroatoms. The van der Waals surface area contributed by atoms with Crippen LogP contribution in [0.15, 0.2) is 0 Å². The standard InChI is InChI=1S/C14H29N3O/c1-4-16-12(13(15)18)6-10-17-9-5-7-14(2,3)8-11-17/h12,16H,4-11H2,1-3H3,(H2,15,18). The molecule has 1 heterocycles. The van der Waals surface area contributed by atoms with Crippen molar-refractivity contribution in [2.75, 3.05) is 26.2 Å². The highest BCUT2D eigenvalue weighted by atomic mass is 16.1. The maximum absolute atomic E-state index is 11.3. The van der Waals surface area contributed by atoms with Crippen molar-refractivity contribution in [1.29, 1.82) is 0 Å². The summed E-state index contributed by atoms with van der Waals surface area (Å²) >= 11 is 0. The van der Waals surface area contributed by atoms with Gasteiger partial charge in [-0.2, -0.15) is 0 Å². The zero-order valence-corrected chi connectivity index (χ0v) is 12.2. The summed E-state index contributed by atoms with van der Waals surface area (Å²) in [6.45, 7) is 10.8. The minimum absolute atomic E-state index is 0.175. The Hall–Kier alpha value is -0.610. The maximum Gasteiger partial charge on any atom is 0.234 e. The maximum atomic E-state index is 11.3. The molecule has 1 atom stereocenters. The van der Waals surface area contributed by atoms with Gasteiger partial charge in [0.25, 0.3) is 0 Å². The lowest BCUT2D eigenvalue weighted by molar-refractivity contribution is -0.120. The number of carbonyl (C=O) groups is 1. The third kappa shape index (κ3) is 5.36. The van der Waals surface area contributed by atoms with Crippen molar-refractivity contribution >= 4 is 5.91 Å². The van der Waals surface area contributed by atoms with Crippen LogP contribution in [0.2, 0.25) is 0 Å². The molecular formula is C14H29N3O. The van der Waals surface area contributed by atoms with Crippen molar-refractivity contribution in [3.05, 3.63) is 0 Å². The molecule has 0 radical (unpaired) electrons. The molecule has 0 bridgehead atoms. The Balaban J connectivity index is 2.36. The number of likely N-dealkylation sites (N-methyl/N-ethyl adjacent to an activating group) is 1. The van der Waals surface area contributed by atoms with E-state index in [1.807, 2.05) is 6.92 Å². The third-order valence-electron chi connectivity index (χ3n) is 3.96. The molecule has 0 aromatic carbocycles. The van der Waals surface area contributed by atoms with Crippen LogP contribution < -0.4 is 11.1 Å². The third-order valence-corrected chi connectivity index (χ3v) is 3.96. The van der Waals surface area contributed by atoms with Crippen LogP contribution >= 0.6 is 0 Å². The lowest BCUT2D eigenvalue weighted by atomic mass is 9.85. The quantitative estimate of drug-likeness (QED) is 0.753. The van der Waals surface area contributed by atoms with Gasteiger partial charge in [-0.05, 0) is 50.7 Å². The number of amides is 1. The Morgan fingerprint density at radius 3 is 2.72 bits per heavy atom. The van der Waals surface area contributed by atoms with E-state index >= 15 is 0 Å². The van der Waals surface area contributed by atoms with Gasteiger partial charge in [0.05, 0.1) is 6.04 Å². The number of hydrogen-bond donors (Lipinski definition) is 2. The number of nitrogens with zero attached hydrogens (tertiary/aromatic N) is 1. The molecule has 18 heavy (non-hydrogen) atoms. The SMILES string of the molecule is CCNC(CCN1CCCC(C)(C)CC1)C(N)=O. The van der Waals surface area contributed by atoms with Gasteiger partial charge in [0.1, 0.15) is 0 Å². The van der Waals surface area contributed by atoms with Crippen molar-refractivity contribution in [3.63, 3.8) is 0 Å². The first kappa shape index (κ1) is 15.4. The molecular weight excluding hydrogens is 226 g/mol. The van der Waals surface area contributed by atoms with Crippen LogP contribution in [0, 0.1) is 5.41 Å². The first-order chi connectivity index (χ1) is 8.44. The molecule has 1 aliphatic heterocycles. The summed E-state index contributed by atoms with van der Waals surface area (Å²) in [4.78, 5) is 13.7. The van der Waals surface area contributed by atoms with Crippen LogP contribution in [0.5, 0.6) is 0 Å². The van der Waals surface area contributed by atoms with Gasteiger partial charge in [0, 0.05) is 6.54 Å². The summed E-state index contributed by atoms with van der Waals surface area (Å²) < 4.78 is 0. The van der Waals surface area contributed by atoms with Crippen LogP contribution in [0.1, 0.15) is 46.5 Å². The second kappa shape index (κ2) is 7.10. The van der Waals surface area contributed by atoms with E-state index in [9.17, 15) is 4.79 Å². The van der Waals surface area contributed by atoms with Gasteiger partial charge in [-0.15, -0.1) is 0 Å². The van der Waals surface area contributed by atoms with Crippen LogP contribution in [0.4, 0.5) is 0 Å². The van der Waals surface area contributed by atoms with E-state index in [1.165, 1.54) is 19.3 Å².